The van der Waals surface area contributed by atoms with Crippen LogP contribution in [0.1, 0.15) is 86.1 Å². The van der Waals surface area contributed by atoms with Crippen molar-refractivity contribution in [3.63, 3.8) is 0 Å². The number of aliphatic carboxylic acids is 1. The quantitative estimate of drug-likeness (QED) is 0.236. The number of carbonyl (C=O) groups is 3. The second-order valence-corrected chi connectivity index (χ2v) is 12.8. The molecular formula is C34H45NO6. The fraction of sp³-hybridized carbons (Fsp3) is 0.500. The zero-order chi connectivity index (χ0) is 30.4. The molecule has 0 unspecified atom stereocenters. The summed E-state index contributed by atoms with van der Waals surface area (Å²) in [6.07, 6.45) is 3.19. The molecular weight excluding hydrogens is 518 g/mol. The Morgan fingerprint density at radius 1 is 0.854 bits per heavy atom. The van der Waals surface area contributed by atoms with Gasteiger partial charge in [0.2, 0.25) is 0 Å². The number of hydrogen-bond donors (Lipinski definition) is 1. The Balaban J connectivity index is 1.78. The molecule has 7 heteroatoms. The summed E-state index contributed by atoms with van der Waals surface area (Å²) in [5.74, 6) is -2.30. The van der Waals surface area contributed by atoms with Gasteiger partial charge >= 0.3 is 18.0 Å². The number of esters is 1. The number of rotatable bonds is 11. The smallest absolute Gasteiger partial charge is 0.419 e. The van der Waals surface area contributed by atoms with Crippen LogP contribution in [-0.4, -0.2) is 38.9 Å². The van der Waals surface area contributed by atoms with E-state index in [1.165, 1.54) is 0 Å². The van der Waals surface area contributed by atoms with Crippen LogP contribution in [0.5, 0.6) is 0 Å². The molecule has 0 saturated heterocycles. The maximum absolute atomic E-state index is 13.2. The largest absolute Gasteiger partial charge is 0.481 e. The lowest BCUT2D eigenvalue weighted by atomic mass is 9.87. The molecule has 3 rings (SSSR count). The van der Waals surface area contributed by atoms with Crippen molar-refractivity contribution < 1.29 is 29.0 Å². The van der Waals surface area contributed by atoms with Crippen LogP contribution in [0.15, 0.2) is 54.6 Å². The van der Waals surface area contributed by atoms with E-state index < -0.39 is 35.1 Å². The SMILES string of the molecule is CCCC[C@H](C[C@@H](CCc1ccc(-c2cc3ccccc3n2C(=O)OC(C)(C)C)cc1)C(=O)O)C(=O)OC(C)(C)C. The molecule has 0 aliphatic carbocycles. The standard InChI is InChI=1S/C34H45NO6/c1-8-9-12-27(31(38)40-33(2,3)4)21-26(30(36)37)20-17-23-15-18-24(19-16-23)29-22-25-13-10-11-14-28(25)35(29)32(39)41-34(5,6)7/h10-11,13-16,18-19,22,26-27H,8-9,12,17,20-21H2,1-7H3,(H,36,37)/t26-,27-/m1/s1. The number of para-hydroxylation sites is 1. The van der Waals surface area contributed by atoms with Crippen LogP contribution in [0.3, 0.4) is 0 Å². The van der Waals surface area contributed by atoms with Crippen LogP contribution >= 0.6 is 0 Å². The van der Waals surface area contributed by atoms with Crippen molar-refractivity contribution >= 4 is 28.9 Å². The molecule has 7 nitrogen and oxygen atoms in total. The highest BCUT2D eigenvalue weighted by molar-refractivity contribution is 5.96. The first-order valence-electron chi connectivity index (χ1n) is 14.6. The van der Waals surface area contributed by atoms with Gasteiger partial charge < -0.3 is 14.6 Å². The average molecular weight is 564 g/mol. The number of unbranched alkanes of at least 4 members (excludes halogenated alkanes) is 1. The Morgan fingerprint density at radius 2 is 1.49 bits per heavy atom. The number of nitrogens with zero attached hydrogens (tertiary/aromatic N) is 1. The number of aromatic nitrogens is 1. The van der Waals surface area contributed by atoms with Gasteiger partial charge in [-0.15, -0.1) is 0 Å². The maximum atomic E-state index is 13.2. The molecule has 222 valence electrons. The summed E-state index contributed by atoms with van der Waals surface area (Å²) in [6, 6.07) is 17.5. The van der Waals surface area contributed by atoms with E-state index in [1.54, 1.807) is 4.57 Å². The Morgan fingerprint density at radius 3 is 2.07 bits per heavy atom. The number of carbonyl (C=O) groups excluding carboxylic acids is 2. The second kappa shape index (κ2) is 13.4. The number of benzene rings is 2. The van der Waals surface area contributed by atoms with Gasteiger partial charge in [-0.3, -0.25) is 9.59 Å². The van der Waals surface area contributed by atoms with Crippen molar-refractivity contribution in [3.8, 4) is 11.3 Å². The van der Waals surface area contributed by atoms with Crippen molar-refractivity contribution in [3.05, 3.63) is 60.2 Å². The zero-order valence-electron chi connectivity index (χ0n) is 25.5. The maximum Gasteiger partial charge on any atom is 0.419 e. The van der Waals surface area contributed by atoms with Gasteiger partial charge in [-0.05, 0) is 90.5 Å². The average Bonchev–Trinajstić information content (AvgIpc) is 3.26. The number of carboxylic acid groups (broad SMARTS) is 1. The fourth-order valence-corrected chi connectivity index (χ4v) is 4.91. The minimum Gasteiger partial charge on any atom is -0.481 e. The number of aryl methyl sites for hydroxylation is 1. The van der Waals surface area contributed by atoms with E-state index in [0.29, 0.717) is 19.3 Å². The van der Waals surface area contributed by atoms with E-state index in [4.69, 9.17) is 9.47 Å². The summed E-state index contributed by atoms with van der Waals surface area (Å²) in [6.45, 7) is 13.1. The highest BCUT2D eigenvalue weighted by Gasteiger charge is 2.30. The molecule has 0 aliphatic heterocycles. The summed E-state index contributed by atoms with van der Waals surface area (Å²) in [7, 11) is 0. The molecule has 0 saturated carbocycles. The van der Waals surface area contributed by atoms with Gasteiger partial charge in [0.05, 0.1) is 23.0 Å². The number of hydrogen-bond acceptors (Lipinski definition) is 5. The van der Waals surface area contributed by atoms with Crippen LogP contribution in [-0.2, 0) is 25.5 Å². The number of ether oxygens (including phenoxy) is 2. The summed E-state index contributed by atoms with van der Waals surface area (Å²) in [5.41, 5.74) is 2.09. The second-order valence-electron chi connectivity index (χ2n) is 12.8. The Kier molecular flexibility index (Phi) is 10.4. The monoisotopic (exact) mass is 563 g/mol. The molecule has 0 fully saturated rings. The Labute approximate surface area is 243 Å². The molecule has 0 radical (unpaired) electrons. The van der Waals surface area contributed by atoms with Gasteiger partial charge in [-0.1, -0.05) is 62.2 Å². The van der Waals surface area contributed by atoms with Crippen LogP contribution in [0.25, 0.3) is 22.2 Å². The lowest BCUT2D eigenvalue weighted by Gasteiger charge is -2.25. The minimum absolute atomic E-state index is 0.262. The van der Waals surface area contributed by atoms with Crippen molar-refractivity contribution in [2.45, 2.75) is 98.2 Å². The van der Waals surface area contributed by atoms with Crippen LogP contribution < -0.4 is 0 Å². The normalized spacial score (nSPS) is 13.5. The van der Waals surface area contributed by atoms with Gasteiger partial charge in [0.1, 0.15) is 11.2 Å². The fourth-order valence-electron chi connectivity index (χ4n) is 4.91. The van der Waals surface area contributed by atoms with Gasteiger partial charge in [-0.25, -0.2) is 9.36 Å². The van der Waals surface area contributed by atoms with E-state index in [-0.39, 0.29) is 12.4 Å². The molecule has 3 aromatic rings. The molecule has 1 N–H and O–H groups in total. The lowest BCUT2D eigenvalue weighted by molar-refractivity contribution is -0.161. The summed E-state index contributed by atoms with van der Waals surface area (Å²) >= 11 is 0. The first-order chi connectivity index (χ1) is 19.2. The Hall–Kier alpha value is -3.61. The van der Waals surface area contributed by atoms with Gasteiger partial charge in [0.15, 0.2) is 0 Å². The highest BCUT2D eigenvalue weighted by Crippen LogP contribution is 2.31. The summed E-state index contributed by atoms with van der Waals surface area (Å²) in [4.78, 5) is 38.2. The zero-order valence-corrected chi connectivity index (χ0v) is 25.5. The van der Waals surface area contributed by atoms with E-state index in [0.717, 1.165) is 40.6 Å². The van der Waals surface area contributed by atoms with Crippen molar-refractivity contribution in [2.75, 3.05) is 0 Å². The predicted octanol–water partition coefficient (Wildman–Crippen LogP) is 8.26. The van der Waals surface area contributed by atoms with E-state index in [2.05, 4.69) is 6.92 Å². The van der Waals surface area contributed by atoms with Crippen molar-refractivity contribution in [1.82, 2.24) is 4.57 Å². The minimum atomic E-state index is -0.895. The molecule has 0 spiro atoms. The topological polar surface area (TPSA) is 94.8 Å². The van der Waals surface area contributed by atoms with Crippen LogP contribution in [0, 0.1) is 11.8 Å². The molecule has 0 aliphatic rings. The van der Waals surface area contributed by atoms with Crippen LogP contribution in [0.4, 0.5) is 4.79 Å². The Bertz CT molecular complexity index is 1340. The molecule has 41 heavy (non-hydrogen) atoms. The van der Waals surface area contributed by atoms with Gasteiger partial charge in [0.25, 0.3) is 0 Å². The molecule has 0 bridgehead atoms. The molecule has 0 amide bonds. The summed E-state index contributed by atoms with van der Waals surface area (Å²) in [5, 5.41) is 10.9. The van der Waals surface area contributed by atoms with Gasteiger partial charge in [0, 0.05) is 5.39 Å². The molecule has 1 heterocycles. The van der Waals surface area contributed by atoms with E-state index in [9.17, 15) is 19.5 Å². The molecule has 2 atom stereocenters. The third kappa shape index (κ3) is 9.20. The van der Waals surface area contributed by atoms with E-state index in [1.807, 2.05) is 96.1 Å². The number of fused-ring (bicyclic) bond motifs is 1. The van der Waals surface area contributed by atoms with E-state index >= 15 is 0 Å². The first kappa shape index (κ1) is 31.9. The first-order valence-corrected chi connectivity index (χ1v) is 14.6. The molecule has 2 aromatic carbocycles. The van der Waals surface area contributed by atoms with Crippen molar-refractivity contribution in [2.24, 2.45) is 11.8 Å². The van der Waals surface area contributed by atoms with Gasteiger partial charge in [-0.2, -0.15) is 0 Å². The molecule has 1 aromatic heterocycles. The summed E-state index contributed by atoms with van der Waals surface area (Å²) < 4.78 is 12.9. The third-order valence-corrected chi connectivity index (χ3v) is 6.88. The van der Waals surface area contributed by atoms with Crippen molar-refractivity contribution in [1.29, 1.82) is 0 Å². The number of carboxylic acids is 1. The van der Waals surface area contributed by atoms with Crippen LogP contribution in [0.2, 0.25) is 0 Å². The highest BCUT2D eigenvalue weighted by atomic mass is 16.6. The lowest BCUT2D eigenvalue weighted by Crippen LogP contribution is -2.31. The predicted molar refractivity (Wildman–Crippen MR) is 162 cm³/mol. The third-order valence-electron chi connectivity index (χ3n) is 6.88.